The molecule has 0 radical (unpaired) electrons. The average Bonchev–Trinajstić information content (AvgIpc) is 2.39. The van der Waals surface area contributed by atoms with E-state index >= 15 is 0 Å². The molecule has 100 valence electrons. The number of hydrogen-bond donors (Lipinski definition) is 3. The number of phenols is 1. The van der Waals surface area contributed by atoms with Gasteiger partial charge in [0.15, 0.2) is 0 Å². The lowest BCUT2D eigenvalue weighted by Gasteiger charge is -2.01. The number of carbonyl (C=O) groups is 2. The van der Waals surface area contributed by atoms with Crippen LogP contribution in [0.1, 0.15) is 5.56 Å². The average molecular weight is 326 g/mol. The molecule has 0 bridgehead atoms. The Labute approximate surface area is 118 Å². The Bertz CT molecular complexity index is 529. The highest BCUT2D eigenvalue weighted by atomic mass is 79.9. The molecule has 6 nitrogen and oxygen atoms in total. The van der Waals surface area contributed by atoms with Crippen molar-refractivity contribution in [2.45, 2.75) is 0 Å². The predicted octanol–water partition coefficient (Wildman–Crippen LogP) is 0.907. The van der Waals surface area contributed by atoms with Gasteiger partial charge in [-0.15, -0.1) is 6.58 Å². The summed E-state index contributed by atoms with van der Waals surface area (Å²) in [7, 11) is 0. The second kappa shape index (κ2) is 7.32. The van der Waals surface area contributed by atoms with Crippen molar-refractivity contribution >= 4 is 34.0 Å². The number of aromatic hydroxyl groups is 1. The van der Waals surface area contributed by atoms with Crippen molar-refractivity contribution in [1.82, 2.24) is 10.7 Å². The van der Waals surface area contributed by atoms with Gasteiger partial charge in [-0.1, -0.05) is 22.0 Å². The van der Waals surface area contributed by atoms with Crippen molar-refractivity contribution in [2.75, 3.05) is 6.54 Å². The Hall–Kier alpha value is -2.15. The van der Waals surface area contributed by atoms with Crippen molar-refractivity contribution in [3.63, 3.8) is 0 Å². The fourth-order valence-corrected chi connectivity index (χ4v) is 1.46. The van der Waals surface area contributed by atoms with Crippen molar-refractivity contribution in [2.24, 2.45) is 5.10 Å². The van der Waals surface area contributed by atoms with Crippen LogP contribution in [0.15, 0.2) is 40.4 Å². The maximum absolute atomic E-state index is 11.2. The Morgan fingerprint density at radius 3 is 2.84 bits per heavy atom. The Morgan fingerprint density at radius 1 is 1.42 bits per heavy atom. The lowest BCUT2D eigenvalue weighted by atomic mass is 10.2. The summed E-state index contributed by atoms with van der Waals surface area (Å²) >= 11 is 3.24. The fourth-order valence-electron chi connectivity index (χ4n) is 1.09. The molecule has 0 spiro atoms. The number of nitrogens with one attached hydrogen (secondary N) is 2. The molecule has 0 fully saturated rings. The summed E-state index contributed by atoms with van der Waals surface area (Å²) in [5.74, 6) is -1.69. The van der Waals surface area contributed by atoms with Gasteiger partial charge >= 0.3 is 11.8 Å². The number of halogens is 1. The lowest BCUT2D eigenvalue weighted by Crippen LogP contribution is -2.37. The van der Waals surface area contributed by atoms with Crippen LogP contribution in [0.3, 0.4) is 0 Å². The van der Waals surface area contributed by atoms with E-state index in [1.807, 2.05) is 5.43 Å². The standard InChI is InChI=1S/C12H12BrN3O3/c1-2-5-14-11(18)12(19)16-15-7-8-6-9(13)3-4-10(8)17/h2-4,6-7,17H,1,5H2,(H,14,18)(H,16,19)/b15-7+. The first-order valence-electron chi connectivity index (χ1n) is 5.25. The van der Waals surface area contributed by atoms with Crippen LogP contribution in [-0.2, 0) is 9.59 Å². The van der Waals surface area contributed by atoms with Gasteiger partial charge in [-0.2, -0.15) is 5.10 Å². The molecule has 7 heteroatoms. The molecular formula is C12H12BrN3O3. The number of amides is 2. The van der Waals surface area contributed by atoms with Gasteiger partial charge in [0.25, 0.3) is 0 Å². The zero-order valence-corrected chi connectivity index (χ0v) is 11.5. The summed E-state index contributed by atoms with van der Waals surface area (Å²) < 4.78 is 0.752. The van der Waals surface area contributed by atoms with E-state index in [4.69, 9.17) is 0 Å². The third-order valence-corrected chi connectivity index (χ3v) is 2.47. The summed E-state index contributed by atoms with van der Waals surface area (Å²) in [6, 6.07) is 4.75. The number of phenolic OH excluding ortho intramolecular Hbond substituents is 1. The van der Waals surface area contributed by atoms with Gasteiger partial charge in [0.05, 0.1) is 6.21 Å². The molecule has 0 aromatic heterocycles. The van der Waals surface area contributed by atoms with E-state index in [9.17, 15) is 14.7 Å². The number of hydrazone groups is 1. The molecule has 0 unspecified atom stereocenters. The second-order valence-corrected chi connectivity index (χ2v) is 4.32. The second-order valence-electron chi connectivity index (χ2n) is 3.40. The molecule has 0 aliphatic heterocycles. The molecule has 0 aliphatic carbocycles. The van der Waals surface area contributed by atoms with E-state index in [2.05, 4.69) is 32.9 Å². The van der Waals surface area contributed by atoms with Gasteiger partial charge in [0.2, 0.25) is 0 Å². The zero-order valence-electron chi connectivity index (χ0n) is 9.89. The van der Waals surface area contributed by atoms with E-state index in [0.29, 0.717) is 5.56 Å². The first-order valence-corrected chi connectivity index (χ1v) is 6.04. The Kier molecular flexibility index (Phi) is 5.74. The highest BCUT2D eigenvalue weighted by molar-refractivity contribution is 9.10. The van der Waals surface area contributed by atoms with Gasteiger partial charge in [-0.05, 0) is 18.2 Å². The van der Waals surface area contributed by atoms with Crippen molar-refractivity contribution < 1.29 is 14.7 Å². The normalized spacial score (nSPS) is 10.2. The van der Waals surface area contributed by atoms with Crippen LogP contribution in [0.4, 0.5) is 0 Å². The summed E-state index contributed by atoms with van der Waals surface area (Å²) in [5.41, 5.74) is 2.45. The van der Waals surface area contributed by atoms with Gasteiger partial charge in [0, 0.05) is 16.6 Å². The Balaban J connectivity index is 2.58. The smallest absolute Gasteiger partial charge is 0.329 e. The first-order chi connectivity index (χ1) is 9.04. The van der Waals surface area contributed by atoms with Crippen molar-refractivity contribution in [3.8, 4) is 5.75 Å². The quantitative estimate of drug-likeness (QED) is 0.332. The maximum atomic E-state index is 11.2. The van der Waals surface area contributed by atoms with Crippen molar-refractivity contribution in [3.05, 3.63) is 40.9 Å². The molecule has 0 atom stereocenters. The lowest BCUT2D eigenvalue weighted by molar-refractivity contribution is -0.139. The SMILES string of the molecule is C=CCNC(=O)C(=O)N/N=C/c1cc(Br)ccc1O. The molecular weight excluding hydrogens is 314 g/mol. The molecule has 19 heavy (non-hydrogen) atoms. The monoisotopic (exact) mass is 325 g/mol. The highest BCUT2D eigenvalue weighted by Crippen LogP contribution is 2.19. The molecule has 1 aromatic carbocycles. The van der Waals surface area contributed by atoms with Crippen LogP contribution >= 0.6 is 15.9 Å². The summed E-state index contributed by atoms with van der Waals surface area (Å²) in [4.78, 5) is 22.4. The summed E-state index contributed by atoms with van der Waals surface area (Å²) in [6.45, 7) is 3.60. The topological polar surface area (TPSA) is 90.8 Å². The zero-order chi connectivity index (χ0) is 14.3. The minimum Gasteiger partial charge on any atom is -0.507 e. The van der Waals surface area contributed by atoms with E-state index in [1.165, 1.54) is 18.4 Å². The van der Waals surface area contributed by atoms with Gasteiger partial charge in [0.1, 0.15) is 5.75 Å². The van der Waals surface area contributed by atoms with Crippen LogP contribution in [-0.4, -0.2) is 29.7 Å². The number of benzene rings is 1. The largest absolute Gasteiger partial charge is 0.507 e. The van der Waals surface area contributed by atoms with E-state index in [-0.39, 0.29) is 12.3 Å². The van der Waals surface area contributed by atoms with Gasteiger partial charge in [-0.25, -0.2) is 5.43 Å². The van der Waals surface area contributed by atoms with E-state index in [1.54, 1.807) is 12.1 Å². The van der Waals surface area contributed by atoms with E-state index < -0.39 is 11.8 Å². The summed E-state index contributed by atoms with van der Waals surface area (Å²) in [5, 5.41) is 15.4. The van der Waals surface area contributed by atoms with Crippen LogP contribution in [0.5, 0.6) is 5.75 Å². The third kappa shape index (κ3) is 4.92. The molecule has 0 heterocycles. The fraction of sp³-hybridized carbons (Fsp3) is 0.0833. The number of nitrogens with zero attached hydrogens (tertiary/aromatic N) is 1. The molecule has 0 saturated carbocycles. The number of hydrogen-bond acceptors (Lipinski definition) is 4. The van der Waals surface area contributed by atoms with Crippen molar-refractivity contribution in [1.29, 1.82) is 0 Å². The molecule has 0 aliphatic rings. The molecule has 1 rings (SSSR count). The van der Waals surface area contributed by atoms with Crippen LogP contribution < -0.4 is 10.7 Å². The highest BCUT2D eigenvalue weighted by Gasteiger charge is 2.10. The van der Waals surface area contributed by atoms with Crippen LogP contribution in [0.25, 0.3) is 0 Å². The third-order valence-electron chi connectivity index (χ3n) is 1.97. The molecule has 1 aromatic rings. The van der Waals surface area contributed by atoms with Gasteiger partial charge in [-0.3, -0.25) is 9.59 Å². The molecule has 3 N–H and O–H groups in total. The summed E-state index contributed by atoms with van der Waals surface area (Å²) in [6.07, 6.45) is 2.69. The molecule has 2 amide bonds. The predicted molar refractivity (Wildman–Crippen MR) is 74.8 cm³/mol. The van der Waals surface area contributed by atoms with Gasteiger partial charge < -0.3 is 10.4 Å². The first kappa shape index (κ1) is 14.9. The maximum Gasteiger partial charge on any atom is 0.329 e. The van der Waals surface area contributed by atoms with E-state index in [0.717, 1.165) is 4.47 Å². The number of rotatable bonds is 4. The minimum atomic E-state index is -0.896. The minimum absolute atomic E-state index is 0.0114. The van der Waals surface area contributed by atoms with Crippen LogP contribution in [0, 0.1) is 0 Å². The van der Waals surface area contributed by atoms with Crippen LogP contribution in [0.2, 0.25) is 0 Å². The number of carbonyl (C=O) groups excluding carboxylic acids is 2. The Morgan fingerprint density at radius 2 is 2.16 bits per heavy atom. The molecule has 0 saturated heterocycles.